The van der Waals surface area contributed by atoms with Gasteiger partial charge in [0.25, 0.3) is 11.8 Å². The van der Waals surface area contributed by atoms with Gasteiger partial charge in [-0.15, -0.1) is 0 Å². The summed E-state index contributed by atoms with van der Waals surface area (Å²) in [6.45, 7) is 2.39. The molecule has 1 aliphatic heterocycles. The van der Waals surface area contributed by atoms with Crippen LogP contribution in [-0.2, 0) is 21.7 Å². The van der Waals surface area contributed by atoms with Gasteiger partial charge in [-0.25, -0.2) is 4.79 Å². The normalized spacial score (nSPS) is 19.4. The third-order valence-electron chi connectivity index (χ3n) is 5.56. The molecule has 0 bridgehead atoms. The largest absolute Gasteiger partial charge is 0.344 e. The zero-order valence-electron chi connectivity index (χ0n) is 17.5. The minimum Gasteiger partial charge on any atom is -0.326 e. The Morgan fingerprint density at radius 1 is 1.00 bits per heavy atom. The number of rotatable bonds is 6. The van der Waals surface area contributed by atoms with E-state index in [0.29, 0.717) is 12.1 Å². The number of urea groups is 1. The molecule has 7 nitrogen and oxygen atoms in total. The molecule has 0 radical (unpaired) electrons. The van der Waals surface area contributed by atoms with E-state index in [9.17, 15) is 14.4 Å². The van der Waals surface area contributed by atoms with Gasteiger partial charge in [-0.2, -0.15) is 5.01 Å². The van der Waals surface area contributed by atoms with Crippen molar-refractivity contribution in [2.45, 2.75) is 19.0 Å². The zero-order valence-corrected chi connectivity index (χ0v) is 17.5. The lowest BCUT2D eigenvalue weighted by Gasteiger charge is -2.22. The summed E-state index contributed by atoms with van der Waals surface area (Å²) in [6, 6.07) is 22.7. The van der Waals surface area contributed by atoms with Gasteiger partial charge in [0.1, 0.15) is 12.1 Å². The molecule has 31 heavy (non-hydrogen) atoms. The summed E-state index contributed by atoms with van der Waals surface area (Å²) in [4.78, 5) is 38.8. The maximum atomic E-state index is 12.9. The molecule has 4 rings (SSSR count). The van der Waals surface area contributed by atoms with Gasteiger partial charge < -0.3 is 10.2 Å². The summed E-state index contributed by atoms with van der Waals surface area (Å²) in [5.41, 5.74) is 3.01. The maximum absolute atomic E-state index is 12.9. The van der Waals surface area contributed by atoms with E-state index in [-0.39, 0.29) is 6.54 Å². The maximum Gasteiger partial charge on any atom is 0.344 e. The molecule has 7 heteroatoms. The average molecular weight is 417 g/mol. The predicted molar refractivity (Wildman–Crippen MR) is 117 cm³/mol. The van der Waals surface area contributed by atoms with E-state index in [4.69, 9.17) is 0 Å². The van der Waals surface area contributed by atoms with E-state index in [1.807, 2.05) is 31.3 Å². The molecule has 0 spiro atoms. The molecule has 158 valence electrons. The number of carbonyl (C=O) groups is 3. The second-order valence-electron chi connectivity index (χ2n) is 8.09. The highest BCUT2D eigenvalue weighted by molar-refractivity contribution is 6.08. The molecule has 1 unspecified atom stereocenters. The Kier molecular flexibility index (Phi) is 5.44. The van der Waals surface area contributed by atoms with Crippen molar-refractivity contribution >= 4 is 28.6 Å². The minimum atomic E-state index is -1.21. The summed E-state index contributed by atoms with van der Waals surface area (Å²) in [7, 11) is 1.90. The molecular weight excluding hydrogens is 392 g/mol. The van der Waals surface area contributed by atoms with Gasteiger partial charge in [0.2, 0.25) is 0 Å². The highest BCUT2D eigenvalue weighted by Crippen LogP contribution is 2.27. The number of imide groups is 1. The summed E-state index contributed by atoms with van der Waals surface area (Å²) >= 11 is 0. The van der Waals surface area contributed by atoms with Crippen LogP contribution in [0.1, 0.15) is 18.1 Å². The fraction of sp³-hybridized carbons (Fsp3) is 0.208. The lowest BCUT2D eigenvalue weighted by atomic mass is 9.92. The number of quaternary nitrogens is 1. The molecule has 1 aliphatic rings. The smallest absolute Gasteiger partial charge is 0.326 e. The van der Waals surface area contributed by atoms with Gasteiger partial charge in [0.15, 0.2) is 6.54 Å². The molecule has 0 aliphatic carbocycles. The number of carbonyl (C=O) groups excluding carboxylic acids is 3. The quantitative estimate of drug-likeness (QED) is 0.530. The highest BCUT2D eigenvalue weighted by atomic mass is 16.2. The van der Waals surface area contributed by atoms with Crippen molar-refractivity contribution < 1.29 is 19.3 Å². The Bertz CT molecular complexity index is 1150. The monoisotopic (exact) mass is 417 g/mol. The van der Waals surface area contributed by atoms with Gasteiger partial charge in [0, 0.05) is 5.56 Å². The van der Waals surface area contributed by atoms with E-state index in [0.717, 1.165) is 20.9 Å². The standard InChI is InChI=1S/C24H24N4O3/c1-24(20-10-4-3-5-11-20)22(30)28(23(31)25-24)26-21(29)16-27(2)15-17-12-13-18-8-6-7-9-19(18)14-17/h3-14H,15-16H2,1-2H3,(H,25,31)(H,26,29)/p+1/t24-/m1/s1. The number of hydrogen-bond acceptors (Lipinski definition) is 3. The van der Waals surface area contributed by atoms with E-state index in [1.165, 1.54) is 5.39 Å². The van der Waals surface area contributed by atoms with Crippen LogP contribution in [0.5, 0.6) is 0 Å². The first-order valence-corrected chi connectivity index (χ1v) is 10.2. The molecule has 1 heterocycles. The van der Waals surface area contributed by atoms with Crippen LogP contribution >= 0.6 is 0 Å². The molecule has 0 saturated carbocycles. The number of nitrogens with zero attached hydrogens (tertiary/aromatic N) is 1. The molecular formula is C24H25N4O3+. The van der Waals surface area contributed by atoms with Crippen LogP contribution in [-0.4, -0.2) is 36.4 Å². The van der Waals surface area contributed by atoms with Crippen molar-refractivity contribution in [3.8, 4) is 0 Å². The van der Waals surface area contributed by atoms with Crippen molar-refractivity contribution in [1.29, 1.82) is 0 Å². The lowest BCUT2D eigenvalue weighted by Crippen LogP contribution is -3.09. The number of likely N-dealkylation sites (N-methyl/N-ethyl adjacent to an activating group) is 1. The van der Waals surface area contributed by atoms with Gasteiger partial charge in [-0.3, -0.25) is 15.0 Å². The molecule has 4 amide bonds. The molecule has 1 saturated heterocycles. The first kappa shape index (κ1) is 20.6. The van der Waals surface area contributed by atoms with E-state index in [1.54, 1.807) is 31.2 Å². The van der Waals surface area contributed by atoms with Crippen molar-refractivity contribution in [3.63, 3.8) is 0 Å². The lowest BCUT2D eigenvalue weighted by molar-refractivity contribution is -0.885. The molecule has 3 aromatic carbocycles. The molecule has 0 aromatic heterocycles. The van der Waals surface area contributed by atoms with E-state index >= 15 is 0 Å². The van der Waals surface area contributed by atoms with E-state index in [2.05, 4.69) is 35.0 Å². The van der Waals surface area contributed by atoms with Crippen molar-refractivity contribution in [2.75, 3.05) is 13.6 Å². The Labute approximate surface area is 180 Å². The first-order chi connectivity index (χ1) is 14.9. The van der Waals surface area contributed by atoms with Crippen molar-refractivity contribution in [2.24, 2.45) is 0 Å². The van der Waals surface area contributed by atoms with Crippen LogP contribution < -0.4 is 15.6 Å². The average Bonchev–Trinajstić information content (AvgIpc) is 2.98. The number of fused-ring (bicyclic) bond motifs is 1. The van der Waals surface area contributed by atoms with Crippen LogP contribution in [0.15, 0.2) is 72.8 Å². The molecule has 2 atom stereocenters. The number of hydrogen-bond donors (Lipinski definition) is 3. The molecule has 1 fully saturated rings. The number of amides is 4. The summed E-state index contributed by atoms with van der Waals surface area (Å²) < 4.78 is 0. The number of nitrogens with one attached hydrogen (secondary N) is 3. The second-order valence-corrected chi connectivity index (χ2v) is 8.09. The molecule has 3 aromatic rings. The fourth-order valence-corrected chi connectivity index (χ4v) is 3.91. The van der Waals surface area contributed by atoms with Crippen LogP contribution in [0.2, 0.25) is 0 Å². The van der Waals surface area contributed by atoms with Crippen LogP contribution in [0.4, 0.5) is 4.79 Å². The topological polar surface area (TPSA) is 82.9 Å². The first-order valence-electron chi connectivity index (χ1n) is 10.2. The number of benzene rings is 3. The van der Waals surface area contributed by atoms with Gasteiger partial charge in [0.05, 0.1) is 7.05 Å². The SMILES string of the molecule is C[NH+](CC(=O)NN1C(=O)N[C@](C)(c2ccccc2)C1=O)Cc1ccc2ccccc2c1. The number of hydrazine groups is 1. The van der Waals surface area contributed by atoms with Crippen LogP contribution in [0.3, 0.4) is 0 Å². The van der Waals surface area contributed by atoms with Gasteiger partial charge in [-0.05, 0) is 29.3 Å². The Morgan fingerprint density at radius 2 is 1.68 bits per heavy atom. The summed E-state index contributed by atoms with van der Waals surface area (Å²) in [5.74, 6) is -0.914. The highest BCUT2D eigenvalue weighted by Gasteiger charge is 2.50. The third-order valence-corrected chi connectivity index (χ3v) is 5.56. The Hall–Kier alpha value is -3.71. The zero-order chi connectivity index (χ0) is 22.0. The molecule has 3 N–H and O–H groups in total. The predicted octanol–water partition coefficient (Wildman–Crippen LogP) is 1.35. The summed E-state index contributed by atoms with van der Waals surface area (Å²) in [5, 5.41) is 5.77. The third kappa shape index (κ3) is 4.13. The Balaban J connectivity index is 1.38. The van der Waals surface area contributed by atoms with Crippen LogP contribution in [0, 0.1) is 0 Å². The van der Waals surface area contributed by atoms with Crippen molar-refractivity contribution in [3.05, 3.63) is 83.9 Å². The fourth-order valence-electron chi connectivity index (χ4n) is 3.91. The van der Waals surface area contributed by atoms with Gasteiger partial charge >= 0.3 is 6.03 Å². The summed E-state index contributed by atoms with van der Waals surface area (Å²) in [6.07, 6.45) is 0. The van der Waals surface area contributed by atoms with Crippen LogP contribution in [0.25, 0.3) is 10.8 Å². The second kappa shape index (κ2) is 8.20. The Morgan fingerprint density at radius 3 is 2.42 bits per heavy atom. The van der Waals surface area contributed by atoms with Crippen molar-refractivity contribution in [1.82, 2.24) is 15.8 Å². The minimum absolute atomic E-state index is 0.117. The van der Waals surface area contributed by atoms with Gasteiger partial charge in [-0.1, -0.05) is 66.7 Å². The van der Waals surface area contributed by atoms with E-state index < -0.39 is 23.4 Å².